The summed E-state index contributed by atoms with van der Waals surface area (Å²) in [4.78, 5) is -0.430. The van der Waals surface area contributed by atoms with Crippen molar-refractivity contribution in [3.63, 3.8) is 0 Å². The normalized spacial score (nSPS) is 11.8. The summed E-state index contributed by atoms with van der Waals surface area (Å²) < 4.78 is 59.3. The first-order chi connectivity index (χ1) is 13.2. The molecule has 0 spiro atoms. The maximum atomic E-state index is 12.3. The third-order valence-electron chi connectivity index (χ3n) is 3.44. The first-order valence-electron chi connectivity index (χ1n) is 7.66. The molecule has 3 rings (SSSR count). The lowest BCUT2D eigenvalue weighted by molar-refractivity contribution is 0.482. The van der Waals surface area contributed by atoms with Crippen LogP contribution in [0.2, 0.25) is 10.0 Å². The molecule has 0 fully saturated rings. The summed E-state index contributed by atoms with van der Waals surface area (Å²) >= 11 is 11.5. The van der Waals surface area contributed by atoms with Crippen LogP contribution in [0.15, 0.2) is 82.6 Å². The van der Waals surface area contributed by atoms with Crippen LogP contribution in [-0.4, -0.2) is 16.8 Å². The number of halogens is 2. The molecule has 0 aliphatic heterocycles. The lowest BCUT2D eigenvalue weighted by Crippen LogP contribution is -2.12. The predicted octanol–water partition coefficient (Wildman–Crippen LogP) is 4.53. The monoisotopic (exact) mass is 458 g/mol. The van der Waals surface area contributed by atoms with Gasteiger partial charge < -0.3 is 8.37 Å². The van der Waals surface area contributed by atoms with E-state index < -0.39 is 20.2 Å². The standard InChI is InChI=1S/C18H12Cl2O6S2/c19-13-1-5-15(6-2-13)25-27(21,22)17-9-11-18(12-10-17)28(23,24)26-16-7-3-14(20)4-8-16/h1-12H. The van der Waals surface area contributed by atoms with Gasteiger partial charge in [-0.15, -0.1) is 0 Å². The van der Waals surface area contributed by atoms with Crippen molar-refractivity contribution in [2.75, 3.05) is 0 Å². The van der Waals surface area contributed by atoms with E-state index in [1.807, 2.05) is 0 Å². The molecule has 28 heavy (non-hydrogen) atoms. The van der Waals surface area contributed by atoms with Crippen LogP contribution in [0.5, 0.6) is 11.5 Å². The minimum atomic E-state index is -4.15. The Bertz CT molecular complexity index is 1080. The molecule has 0 heterocycles. The van der Waals surface area contributed by atoms with Crippen LogP contribution < -0.4 is 8.37 Å². The second-order valence-electron chi connectivity index (χ2n) is 5.45. The largest absolute Gasteiger partial charge is 0.379 e. The van der Waals surface area contributed by atoms with Gasteiger partial charge in [-0.2, -0.15) is 16.8 Å². The van der Waals surface area contributed by atoms with Crippen molar-refractivity contribution in [2.45, 2.75) is 9.79 Å². The van der Waals surface area contributed by atoms with E-state index in [1.54, 1.807) is 0 Å². The molecule has 0 aliphatic rings. The summed E-state index contributed by atoms with van der Waals surface area (Å²) in [6, 6.07) is 16.0. The highest BCUT2D eigenvalue weighted by Crippen LogP contribution is 2.24. The lowest BCUT2D eigenvalue weighted by Gasteiger charge is -2.09. The Morgan fingerprint density at radius 2 is 0.786 bits per heavy atom. The fraction of sp³-hybridized carbons (Fsp3) is 0. The predicted molar refractivity (Wildman–Crippen MR) is 105 cm³/mol. The molecule has 0 bridgehead atoms. The van der Waals surface area contributed by atoms with Gasteiger partial charge in [0.2, 0.25) is 0 Å². The smallest absolute Gasteiger partial charge is 0.339 e. The summed E-state index contributed by atoms with van der Waals surface area (Å²) in [6.07, 6.45) is 0. The molecule has 0 aliphatic carbocycles. The zero-order valence-corrected chi connectivity index (χ0v) is 17.1. The van der Waals surface area contributed by atoms with E-state index in [1.165, 1.54) is 48.5 Å². The van der Waals surface area contributed by atoms with Crippen molar-refractivity contribution in [1.82, 2.24) is 0 Å². The first kappa shape index (κ1) is 20.5. The van der Waals surface area contributed by atoms with Gasteiger partial charge in [0.05, 0.1) is 0 Å². The van der Waals surface area contributed by atoms with Crippen molar-refractivity contribution >= 4 is 43.4 Å². The summed E-state index contributed by atoms with van der Waals surface area (Å²) in [5, 5.41) is 0.861. The molecule has 6 nitrogen and oxygen atoms in total. The van der Waals surface area contributed by atoms with Gasteiger partial charge in [0.1, 0.15) is 21.3 Å². The SMILES string of the molecule is O=S(=O)(Oc1ccc(Cl)cc1)c1ccc(S(=O)(=O)Oc2ccc(Cl)cc2)cc1. The molecule has 0 atom stereocenters. The molecule has 10 heteroatoms. The van der Waals surface area contributed by atoms with Crippen molar-refractivity contribution in [1.29, 1.82) is 0 Å². The van der Waals surface area contributed by atoms with Gasteiger partial charge in [-0.05, 0) is 72.8 Å². The first-order valence-corrected chi connectivity index (χ1v) is 11.2. The van der Waals surface area contributed by atoms with Gasteiger partial charge in [-0.25, -0.2) is 0 Å². The van der Waals surface area contributed by atoms with Gasteiger partial charge in [0.15, 0.2) is 0 Å². The van der Waals surface area contributed by atoms with E-state index in [0.717, 1.165) is 24.3 Å². The van der Waals surface area contributed by atoms with E-state index in [2.05, 4.69) is 0 Å². The van der Waals surface area contributed by atoms with Crippen molar-refractivity contribution in [3.8, 4) is 11.5 Å². The minimum Gasteiger partial charge on any atom is -0.379 e. The zero-order valence-electron chi connectivity index (χ0n) is 14.0. The Labute approximate surface area is 172 Å². The number of rotatable bonds is 6. The fourth-order valence-electron chi connectivity index (χ4n) is 2.10. The summed E-state index contributed by atoms with van der Waals surface area (Å²) in [6.45, 7) is 0. The molecule has 0 radical (unpaired) electrons. The van der Waals surface area contributed by atoms with Gasteiger partial charge >= 0.3 is 20.2 Å². The third kappa shape index (κ3) is 4.96. The Hall–Kier alpha value is -2.26. The lowest BCUT2D eigenvalue weighted by atomic mass is 10.3. The molecular weight excluding hydrogens is 447 g/mol. The van der Waals surface area contributed by atoms with Crippen LogP contribution in [0.25, 0.3) is 0 Å². The quantitative estimate of drug-likeness (QED) is 0.504. The van der Waals surface area contributed by atoms with Crippen LogP contribution >= 0.6 is 23.2 Å². The Morgan fingerprint density at radius 3 is 1.07 bits per heavy atom. The Kier molecular flexibility index (Phi) is 5.85. The molecular formula is C18H12Cl2O6S2. The Morgan fingerprint density at radius 1 is 0.500 bits per heavy atom. The average molecular weight is 459 g/mol. The number of benzene rings is 3. The van der Waals surface area contributed by atoms with Crippen LogP contribution in [0.1, 0.15) is 0 Å². The summed E-state index contributed by atoms with van der Waals surface area (Å²) in [5.74, 6) is 0.152. The molecule has 0 aromatic heterocycles. The summed E-state index contributed by atoms with van der Waals surface area (Å²) in [7, 11) is -8.29. The van der Waals surface area contributed by atoms with E-state index >= 15 is 0 Å². The van der Waals surface area contributed by atoms with Crippen LogP contribution in [0.3, 0.4) is 0 Å². The fourth-order valence-corrected chi connectivity index (χ4v) is 4.22. The molecule has 0 unspecified atom stereocenters. The average Bonchev–Trinajstić information content (AvgIpc) is 2.65. The molecule has 146 valence electrons. The maximum absolute atomic E-state index is 12.3. The van der Waals surface area contributed by atoms with Gasteiger partial charge in [0, 0.05) is 10.0 Å². The van der Waals surface area contributed by atoms with E-state index in [9.17, 15) is 16.8 Å². The highest BCUT2D eigenvalue weighted by atomic mass is 35.5. The Balaban J connectivity index is 1.79. The van der Waals surface area contributed by atoms with Crippen LogP contribution in [-0.2, 0) is 20.2 Å². The van der Waals surface area contributed by atoms with Gasteiger partial charge in [-0.1, -0.05) is 23.2 Å². The number of hydrogen-bond donors (Lipinski definition) is 0. The molecule has 3 aromatic carbocycles. The zero-order chi connectivity index (χ0) is 20.4. The molecule has 0 N–H and O–H groups in total. The van der Waals surface area contributed by atoms with E-state index in [0.29, 0.717) is 10.0 Å². The highest BCUT2D eigenvalue weighted by Gasteiger charge is 2.21. The van der Waals surface area contributed by atoms with Crippen LogP contribution in [0, 0.1) is 0 Å². The molecule has 0 amide bonds. The van der Waals surface area contributed by atoms with Gasteiger partial charge in [-0.3, -0.25) is 0 Å². The molecule has 0 saturated carbocycles. The van der Waals surface area contributed by atoms with Crippen LogP contribution in [0.4, 0.5) is 0 Å². The minimum absolute atomic E-state index is 0.0761. The summed E-state index contributed by atoms with van der Waals surface area (Å²) in [5.41, 5.74) is 0. The second kappa shape index (κ2) is 8.00. The van der Waals surface area contributed by atoms with Crippen molar-refractivity contribution in [2.24, 2.45) is 0 Å². The molecule has 3 aromatic rings. The molecule has 0 saturated heterocycles. The maximum Gasteiger partial charge on any atom is 0.339 e. The van der Waals surface area contributed by atoms with Crippen molar-refractivity contribution in [3.05, 3.63) is 82.8 Å². The van der Waals surface area contributed by atoms with Crippen molar-refractivity contribution < 1.29 is 25.2 Å². The highest BCUT2D eigenvalue weighted by molar-refractivity contribution is 7.87. The van der Waals surface area contributed by atoms with Gasteiger partial charge in [0.25, 0.3) is 0 Å². The topological polar surface area (TPSA) is 86.7 Å². The van der Waals surface area contributed by atoms with E-state index in [-0.39, 0.29) is 21.3 Å². The number of hydrogen-bond acceptors (Lipinski definition) is 6. The van der Waals surface area contributed by atoms with E-state index in [4.69, 9.17) is 31.6 Å². The second-order valence-corrected chi connectivity index (χ2v) is 9.42. The third-order valence-corrected chi connectivity index (χ3v) is 6.47.